The molecule has 0 saturated heterocycles. The molecule has 166 valence electrons. The van der Waals surface area contributed by atoms with E-state index in [-0.39, 0.29) is 28.9 Å². The molecule has 5 rings (SSSR count). The van der Waals surface area contributed by atoms with E-state index in [9.17, 15) is 9.90 Å². The van der Waals surface area contributed by atoms with Crippen molar-refractivity contribution >= 4 is 12.0 Å². The van der Waals surface area contributed by atoms with Crippen molar-refractivity contribution in [1.29, 1.82) is 0 Å². The maximum atomic E-state index is 12.7. The minimum absolute atomic E-state index is 0.0333. The van der Waals surface area contributed by atoms with Gasteiger partial charge in [-0.2, -0.15) is 0 Å². The summed E-state index contributed by atoms with van der Waals surface area (Å²) in [5.74, 6) is 2.57. The second kappa shape index (κ2) is 7.23. The molecule has 1 aliphatic heterocycles. The summed E-state index contributed by atoms with van der Waals surface area (Å²) in [7, 11) is 3.65. The number of hydrogen-bond donors (Lipinski definition) is 1. The Balaban J connectivity index is 1.61. The maximum Gasteiger partial charge on any atom is 0.246 e. The summed E-state index contributed by atoms with van der Waals surface area (Å²) in [5, 5.41) is 10.8. The van der Waals surface area contributed by atoms with Crippen LogP contribution in [0.4, 0.5) is 0 Å². The van der Waals surface area contributed by atoms with Crippen molar-refractivity contribution in [2.45, 2.75) is 58.1 Å². The first-order valence-corrected chi connectivity index (χ1v) is 11.8. The van der Waals surface area contributed by atoms with Gasteiger partial charge in [0.15, 0.2) is 0 Å². The minimum Gasteiger partial charge on any atom is -0.497 e. The van der Waals surface area contributed by atoms with Gasteiger partial charge in [0.1, 0.15) is 5.75 Å². The number of carbonyl (C=O) groups excluding carboxylic acids is 1. The zero-order valence-electron chi connectivity index (χ0n) is 19.2. The van der Waals surface area contributed by atoms with Crippen molar-refractivity contribution in [3.8, 4) is 5.75 Å². The number of carbonyl (C=O) groups is 1. The van der Waals surface area contributed by atoms with Crippen LogP contribution in [0.2, 0.25) is 0 Å². The van der Waals surface area contributed by atoms with Crippen LogP contribution in [-0.4, -0.2) is 42.2 Å². The van der Waals surface area contributed by atoms with Crippen molar-refractivity contribution in [2.24, 2.45) is 28.6 Å². The summed E-state index contributed by atoms with van der Waals surface area (Å²) in [4.78, 5) is 14.6. The monoisotopic (exact) mass is 421 g/mol. The molecule has 1 aromatic carbocycles. The zero-order chi connectivity index (χ0) is 22.0. The topological polar surface area (TPSA) is 49.8 Å². The molecular formula is C27H35NO3. The molecule has 1 amide bonds. The van der Waals surface area contributed by atoms with Crippen LogP contribution in [0.15, 0.2) is 42.0 Å². The Bertz CT molecular complexity index is 952. The second-order valence-corrected chi connectivity index (χ2v) is 10.8. The number of hydrogen-bond acceptors (Lipinski definition) is 3. The highest BCUT2D eigenvalue weighted by Gasteiger charge is 2.61. The number of methoxy groups -OCH3 is 1. The summed E-state index contributed by atoms with van der Waals surface area (Å²) in [6, 6.07) is 8.25. The van der Waals surface area contributed by atoms with Crippen molar-refractivity contribution in [2.75, 3.05) is 14.2 Å². The number of amides is 1. The molecule has 0 bridgehead atoms. The SMILES string of the molecule is COc1cccc(C=C2C[C@@H]3[C@@H](CC[C@]4(C)C(O)CC[C@@H]34)[C@@]3(C)C=CC(=O)N(C)C23)c1. The fourth-order valence-electron chi connectivity index (χ4n) is 7.76. The average molecular weight is 422 g/mol. The van der Waals surface area contributed by atoms with Gasteiger partial charge >= 0.3 is 0 Å². The number of ether oxygens (including phenoxy) is 1. The zero-order valence-corrected chi connectivity index (χ0v) is 19.2. The van der Waals surface area contributed by atoms with E-state index >= 15 is 0 Å². The largest absolute Gasteiger partial charge is 0.497 e. The van der Waals surface area contributed by atoms with E-state index in [0.717, 1.165) is 43.4 Å². The molecule has 4 aliphatic rings. The summed E-state index contributed by atoms with van der Waals surface area (Å²) >= 11 is 0. The molecule has 3 saturated carbocycles. The minimum atomic E-state index is -0.180. The highest BCUT2D eigenvalue weighted by Crippen LogP contribution is 2.64. The van der Waals surface area contributed by atoms with Crippen molar-refractivity contribution in [1.82, 2.24) is 4.90 Å². The third-order valence-corrected chi connectivity index (χ3v) is 9.36. The van der Waals surface area contributed by atoms with E-state index in [1.54, 1.807) is 13.2 Å². The van der Waals surface area contributed by atoms with Crippen LogP contribution in [0.25, 0.3) is 6.08 Å². The quantitative estimate of drug-likeness (QED) is 0.754. The van der Waals surface area contributed by atoms with E-state index in [1.807, 2.05) is 24.1 Å². The standard InChI is InChI=1S/C27H35NO3/c1-26-12-10-22-20(21(26)8-9-23(26)29)16-18(14-17-6-5-7-19(15-17)31-4)25-27(22,2)13-11-24(30)28(25)3/h5-7,11,13-15,20-23,25,29H,8-10,12,16H2,1-4H3/t20-,21-,22+,23?,25?,26-,27+/m0/s1. The molecule has 0 radical (unpaired) electrons. The molecule has 4 heteroatoms. The molecule has 1 heterocycles. The summed E-state index contributed by atoms with van der Waals surface area (Å²) in [6.07, 6.45) is 11.4. The number of benzene rings is 1. The predicted molar refractivity (Wildman–Crippen MR) is 122 cm³/mol. The van der Waals surface area contributed by atoms with Crippen molar-refractivity contribution in [3.63, 3.8) is 0 Å². The van der Waals surface area contributed by atoms with Gasteiger partial charge in [-0.1, -0.05) is 38.1 Å². The van der Waals surface area contributed by atoms with Gasteiger partial charge in [-0.3, -0.25) is 4.79 Å². The lowest BCUT2D eigenvalue weighted by Crippen LogP contribution is -2.60. The van der Waals surface area contributed by atoms with E-state index in [0.29, 0.717) is 17.8 Å². The van der Waals surface area contributed by atoms with Gasteiger partial charge < -0.3 is 14.7 Å². The van der Waals surface area contributed by atoms with Crippen LogP contribution >= 0.6 is 0 Å². The first-order chi connectivity index (χ1) is 14.8. The molecule has 0 spiro atoms. The molecule has 1 aromatic rings. The number of aliphatic hydroxyl groups is 1. The third-order valence-electron chi connectivity index (χ3n) is 9.36. The van der Waals surface area contributed by atoms with Crippen molar-refractivity contribution in [3.05, 3.63) is 47.6 Å². The number of likely N-dealkylation sites (N-methyl/N-ethyl adjacent to an activating group) is 1. The third kappa shape index (κ3) is 3.01. The van der Waals surface area contributed by atoms with Crippen LogP contribution in [0, 0.1) is 28.6 Å². The Hall–Kier alpha value is -2.07. The Morgan fingerprint density at radius 2 is 2.00 bits per heavy atom. The number of aliphatic hydroxyl groups excluding tert-OH is 1. The number of nitrogens with zero attached hydrogens (tertiary/aromatic N) is 1. The second-order valence-electron chi connectivity index (χ2n) is 10.8. The van der Waals surface area contributed by atoms with Gasteiger partial charge in [-0.25, -0.2) is 0 Å². The van der Waals surface area contributed by atoms with E-state index in [1.165, 1.54) is 5.57 Å². The molecule has 4 nitrogen and oxygen atoms in total. The maximum absolute atomic E-state index is 12.7. The van der Waals surface area contributed by atoms with E-state index in [2.05, 4.69) is 38.1 Å². The van der Waals surface area contributed by atoms with Gasteiger partial charge in [-0.05, 0) is 84.6 Å². The van der Waals surface area contributed by atoms with Gasteiger partial charge in [0.2, 0.25) is 5.91 Å². The van der Waals surface area contributed by atoms with Crippen LogP contribution < -0.4 is 4.74 Å². The summed E-state index contributed by atoms with van der Waals surface area (Å²) < 4.78 is 5.44. The molecule has 3 fully saturated rings. The van der Waals surface area contributed by atoms with Gasteiger partial charge in [0.05, 0.1) is 19.3 Å². The molecule has 0 aromatic heterocycles. The van der Waals surface area contributed by atoms with Gasteiger partial charge in [0, 0.05) is 12.5 Å². The lowest BCUT2D eigenvalue weighted by molar-refractivity contribution is -0.135. The van der Waals surface area contributed by atoms with Gasteiger partial charge in [0.25, 0.3) is 0 Å². The van der Waals surface area contributed by atoms with Crippen LogP contribution in [0.3, 0.4) is 0 Å². The molecule has 1 N–H and O–H groups in total. The first-order valence-electron chi connectivity index (χ1n) is 11.8. The smallest absolute Gasteiger partial charge is 0.246 e. The molecule has 31 heavy (non-hydrogen) atoms. The molecule has 2 unspecified atom stereocenters. The molecular weight excluding hydrogens is 386 g/mol. The van der Waals surface area contributed by atoms with Crippen LogP contribution in [0.1, 0.15) is 51.5 Å². The highest BCUT2D eigenvalue weighted by molar-refractivity contribution is 5.89. The fourth-order valence-corrected chi connectivity index (χ4v) is 7.76. The fraction of sp³-hybridized carbons (Fsp3) is 0.593. The molecule has 3 aliphatic carbocycles. The summed E-state index contributed by atoms with van der Waals surface area (Å²) in [5.41, 5.74) is 2.41. The highest BCUT2D eigenvalue weighted by atomic mass is 16.5. The predicted octanol–water partition coefficient (Wildman–Crippen LogP) is 4.69. The Morgan fingerprint density at radius 1 is 1.19 bits per heavy atom. The first kappa shape index (κ1) is 20.8. The van der Waals surface area contributed by atoms with E-state index in [4.69, 9.17) is 4.74 Å². The lowest BCUT2D eigenvalue weighted by atomic mass is 9.47. The normalized spacial score (nSPS) is 42.9. The lowest BCUT2D eigenvalue weighted by Gasteiger charge is -2.60. The molecule has 7 atom stereocenters. The van der Waals surface area contributed by atoms with Gasteiger partial charge in [-0.15, -0.1) is 0 Å². The Labute approximate surface area is 186 Å². The number of fused-ring (bicyclic) bond motifs is 5. The van der Waals surface area contributed by atoms with Crippen molar-refractivity contribution < 1.29 is 14.6 Å². The summed E-state index contributed by atoms with van der Waals surface area (Å²) in [6.45, 7) is 4.68. The van der Waals surface area contributed by atoms with Crippen LogP contribution in [0.5, 0.6) is 5.75 Å². The Morgan fingerprint density at radius 3 is 2.77 bits per heavy atom. The van der Waals surface area contributed by atoms with Crippen LogP contribution in [-0.2, 0) is 4.79 Å². The van der Waals surface area contributed by atoms with E-state index < -0.39 is 0 Å². The Kier molecular flexibility index (Phi) is 4.85. The average Bonchev–Trinajstić information content (AvgIpc) is 3.06. The number of rotatable bonds is 2.